The number of hydrogen-bond acceptors (Lipinski definition) is 6. The van der Waals surface area contributed by atoms with E-state index >= 15 is 0 Å². The molecule has 0 radical (unpaired) electrons. The summed E-state index contributed by atoms with van der Waals surface area (Å²) in [6.07, 6.45) is 2.51. The van der Waals surface area contributed by atoms with E-state index in [2.05, 4.69) is 36.0 Å². The molecule has 2 amide bonds. The molecule has 0 saturated carbocycles. The molecule has 0 aliphatic carbocycles. The molecule has 1 aliphatic rings. The number of hydrogen-bond donors (Lipinski definition) is 1. The van der Waals surface area contributed by atoms with Gasteiger partial charge in [0.15, 0.2) is 0 Å². The van der Waals surface area contributed by atoms with Crippen molar-refractivity contribution in [3.8, 4) is 5.75 Å². The molecule has 172 valence electrons. The van der Waals surface area contributed by atoms with E-state index in [4.69, 9.17) is 4.74 Å². The molecule has 1 N–H and O–H groups in total. The lowest BCUT2D eigenvalue weighted by Gasteiger charge is -2.35. The SMILES string of the molecule is COc1ccc(Br)c(C(=O)N2CCN(c3ccc(C(=O)NCCCN(C)C)cn3)CC2)c1. The van der Waals surface area contributed by atoms with Crippen molar-refractivity contribution in [1.82, 2.24) is 20.1 Å². The van der Waals surface area contributed by atoms with Gasteiger partial charge < -0.3 is 24.8 Å². The number of amides is 2. The Balaban J connectivity index is 1.53. The molecule has 8 nitrogen and oxygen atoms in total. The van der Waals surface area contributed by atoms with Gasteiger partial charge in [0.1, 0.15) is 11.6 Å². The fraction of sp³-hybridized carbons (Fsp3) is 0.435. The second kappa shape index (κ2) is 11.3. The summed E-state index contributed by atoms with van der Waals surface area (Å²) in [5.74, 6) is 1.33. The van der Waals surface area contributed by atoms with Crippen molar-refractivity contribution in [3.05, 3.63) is 52.1 Å². The number of halogens is 1. The predicted octanol–water partition coefficient (Wildman–Crippen LogP) is 2.50. The van der Waals surface area contributed by atoms with Crippen LogP contribution in [0.4, 0.5) is 5.82 Å². The van der Waals surface area contributed by atoms with Crippen molar-refractivity contribution in [2.45, 2.75) is 6.42 Å². The van der Waals surface area contributed by atoms with Crippen molar-refractivity contribution in [2.75, 3.05) is 65.4 Å². The Morgan fingerprint density at radius 2 is 1.91 bits per heavy atom. The Labute approximate surface area is 197 Å². The molecule has 2 heterocycles. The molecular formula is C23H30BrN5O3. The number of piperazine rings is 1. The van der Waals surface area contributed by atoms with Crippen molar-refractivity contribution in [3.63, 3.8) is 0 Å². The highest BCUT2D eigenvalue weighted by molar-refractivity contribution is 9.10. The van der Waals surface area contributed by atoms with Gasteiger partial charge in [-0.2, -0.15) is 0 Å². The number of anilines is 1. The molecule has 1 saturated heterocycles. The van der Waals surface area contributed by atoms with Crippen LogP contribution in [0.15, 0.2) is 41.0 Å². The topological polar surface area (TPSA) is 78.0 Å². The lowest BCUT2D eigenvalue weighted by molar-refractivity contribution is 0.0745. The first-order chi connectivity index (χ1) is 15.4. The molecule has 0 spiro atoms. The molecule has 0 unspecified atom stereocenters. The first-order valence-corrected chi connectivity index (χ1v) is 11.4. The Kier molecular flexibility index (Phi) is 8.46. The zero-order chi connectivity index (χ0) is 23.1. The minimum Gasteiger partial charge on any atom is -0.497 e. The summed E-state index contributed by atoms with van der Waals surface area (Å²) < 4.78 is 6.00. The fourth-order valence-electron chi connectivity index (χ4n) is 3.51. The summed E-state index contributed by atoms with van der Waals surface area (Å²) in [5, 5.41) is 2.92. The molecule has 1 aromatic carbocycles. The zero-order valence-electron chi connectivity index (χ0n) is 18.8. The van der Waals surface area contributed by atoms with Crippen LogP contribution < -0.4 is 15.0 Å². The number of rotatable bonds is 8. The molecule has 3 rings (SSSR count). The van der Waals surface area contributed by atoms with Gasteiger partial charge in [0.05, 0.1) is 18.2 Å². The number of aromatic nitrogens is 1. The Hall–Kier alpha value is -2.65. The predicted molar refractivity (Wildman–Crippen MR) is 129 cm³/mol. The van der Waals surface area contributed by atoms with E-state index in [-0.39, 0.29) is 11.8 Å². The van der Waals surface area contributed by atoms with E-state index in [9.17, 15) is 9.59 Å². The number of pyridine rings is 1. The first kappa shape index (κ1) is 24.0. The van der Waals surface area contributed by atoms with Crippen molar-refractivity contribution in [1.29, 1.82) is 0 Å². The van der Waals surface area contributed by atoms with Crippen molar-refractivity contribution >= 4 is 33.6 Å². The van der Waals surface area contributed by atoms with Crippen LogP contribution >= 0.6 is 15.9 Å². The Morgan fingerprint density at radius 3 is 2.53 bits per heavy atom. The number of benzene rings is 1. The maximum Gasteiger partial charge on any atom is 0.255 e. The van der Waals surface area contributed by atoms with E-state index < -0.39 is 0 Å². The molecule has 0 bridgehead atoms. The fourth-order valence-corrected chi connectivity index (χ4v) is 3.93. The quantitative estimate of drug-likeness (QED) is 0.557. The minimum atomic E-state index is -0.109. The molecule has 9 heteroatoms. The largest absolute Gasteiger partial charge is 0.497 e. The summed E-state index contributed by atoms with van der Waals surface area (Å²) in [6.45, 7) is 4.11. The Bertz CT molecular complexity index is 928. The molecule has 32 heavy (non-hydrogen) atoms. The van der Waals surface area contributed by atoms with Crippen LogP contribution in [0, 0.1) is 0 Å². The van der Waals surface area contributed by atoms with Crippen LogP contribution in [0.2, 0.25) is 0 Å². The minimum absolute atomic E-state index is 0.0235. The summed E-state index contributed by atoms with van der Waals surface area (Å²) in [6, 6.07) is 9.06. The third-order valence-electron chi connectivity index (χ3n) is 5.37. The highest BCUT2D eigenvalue weighted by Crippen LogP contribution is 2.25. The third-order valence-corrected chi connectivity index (χ3v) is 6.06. The monoisotopic (exact) mass is 503 g/mol. The van der Waals surface area contributed by atoms with Crippen LogP contribution in [0.25, 0.3) is 0 Å². The van der Waals surface area contributed by atoms with E-state index in [1.165, 1.54) is 0 Å². The average molecular weight is 504 g/mol. The number of methoxy groups -OCH3 is 1. The van der Waals surface area contributed by atoms with Gasteiger partial charge in [-0.15, -0.1) is 0 Å². The van der Waals surface area contributed by atoms with E-state index in [1.807, 2.05) is 37.2 Å². The molecular weight excluding hydrogens is 474 g/mol. The summed E-state index contributed by atoms with van der Waals surface area (Å²) in [5.41, 5.74) is 1.15. The van der Waals surface area contributed by atoms with Crippen LogP contribution in [0.1, 0.15) is 27.1 Å². The number of nitrogens with zero attached hydrogens (tertiary/aromatic N) is 4. The second-order valence-electron chi connectivity index (χ2n) is 7.94. The van der Waals surface area contributed by atoms with E-state index in [1.54, 1.807) is 25.4 Å². The molecule has 1 fully saturated rings. The molecule has 0 atom stereocenters. The third kappa shape index (κ3) is 6.20. The van der Waals surface area contributed by atoms with E-state index in [0.29, 0.717) is 49.6 Å². The van der Waals surface area contributed by atoms with Gasteiger partial charge in [-0.05, 0) is 73.3 Å². The highest BCUT2D eigenvalue weighted by atomic mass is 79.9. The van der Waals surface area contributed by atoms with Crippen molar-refractivity contribution in [2.24, 2.45) is 0 Å². The van der Waals surface area contributed by atoms with Crippen molar-refractivity contribution < 1.29 is 14.3 Å². The highest BCUT2D eigenvalue weighted by Gasteiger charge is 2.24. The van der Waals surface area contributed by atoms with Gasteiger partial charge in [-0.3, -0.25) is 9.59 Å². The average Bonchev–Trinajstić information content (AvgIpc) is 2.81. The van der Waals surface area contributed by atoms with Gasteiger partial charge >= 0.3 is 0 Å². The first-order valence-electron chi connectivity index (χ1n) is 10.7. The maximum absolute atomic E-state index is 13.0. The van der Waals surface area contributed by atoms with Gasteiger partial charge in [0.2, 0.25) is 0 Å². The molecule has 2 aromatic rings. The second-order valence-corrected chi connectivity index (χ2v) is 8.80. The standard InChI is InChI=1S/C23H30BrN5O3/c1-27(2)10-4-9-25-22(30)17-5-8-21(26-16-17)28-11-13-29(14-12-28)23(31)19-15-18(32-3)6-7-20(19)24/h5-8,15-16H,4,9-14H2,1-3H3,(H,25,30). The number of carbonyl (C=O) groups is 2. The summed E-state index contributed by atoms with van der Waals surface area (Å²) >= 11 is 3.46. The zero-order valence-corrected chi connectivity index (χ0v) is 20.4. The number of ether oxygens (including phenoxy) is 1. The number of nitrogens with one attached hydrogen (secondary N) is 1. The van der Waals surface area contributed by atoms with Crippen LogP contribution in [0.3, 0.4) is 0 Å². The van der Waals surface area contributed by atoms with Crippen LogP contribution in [-0.2, 0) is 0 Å². The molecule has 1 aromatic heterocycles. The summed E-state index contributed by atoms with van der Waals surface area (Å²) in [4.78, 5) is 35.8. The van der Waals surface area contributed by atoms with Gasteiger partial charge in [-0.1, -0.05) is 0 Å². The smallest absolute Gasteiger partial charge is 0.255 e. The lowest BCUT2D eigenvalue weighted by atomic mass is 10.1. The number of carbonyl (C=O) groups excluding carboxylic acids is 2. The van der Waals surface area contributed by atoms with Crippen LogP contribution in [-0.4, -0.2) is 87.1 Å². The van der Waals surface area contributed by atoms with E-state index in [0.717, 1.165) is 23.3 Å². The van der Waals surface area contributed by atoms with Gasteiger partial charge in [-0.25, -0.2) is 4.98 Å². The molecule has 1 aliphatic heterocycles. The van der Waals surface area contributed by atoms with Gasteiger partial charge in [0.25, 0.3) is 11.8 Å². The normalized spacial score (nSPS) is 13.9. The maximum atomic E-state index is 13.0. The van der Waals surface area contributed by atoms with Gasteiger partial charge in [0, 0.05) is 43.4 Å². The Morgan fingerprint density at radius 1 is 1.16 bits per heavy atom. The van der Waals surface area contributed by atoms with Crippen LogP contribution in [0.5, 0.6) is 5.75 Å². The summed E-state index contributed by atoms with van der Waals surface area (Å²) in [7, 11) is 5.61. The lowest BCUT2D eigenvalue weighted by Crippen LogP contribution is -2.49.